The smallest absolute Gasteiger partial charge is 0.264 e. The molecule has 1 N–H and O–H groups in total. The largest absolute Gasteiger partial charge is 0.493 e. The van der Waals surface area contributed by atoms with Crippen molar-refractivity contribution >= 4 is 27.5 Å². The van der Waals surface area contributed by atoms with Crippen LogP contribution in [-0.2, 0) is 26.2 Å². The fourth-order valence-electron chi connectivity index (χ4n) is 4.56. The van der Waals surface area contributed by atoms with Gasteiger partial charge in [0.1, 0.15) is 12.6 Å². The molecule has 0 radical (unpaired) electrons. The maximum absolute atomic E-state index is 14.1. The van der Waals surface area contributed by atoms with Gasteiger partial charge in [-0.3, -0.25) is 13.9 Å². The zero-order chi connectivity index (χ0) is 30.2. The number of nitrogens with one attached hydrogen (secondary N) is 1. The second-order valence-corrected chi connectivity index (χ2v) is 11.6. The van der Waals surface area contributed by atoms with Gasteiger partial charge in [-0.15, -0.1) is 0 Å². The van der Waals surface area contributed by atoms with E-state index in [9.17, 15) is 18.0 Å². The van der Waals surface area contributed by atoms with Crippen molar-refractivity contribution in [3.05, 3.63) is 83.4 Å². The molecule has 3 rings (SSSR count). The molecule has 10 heteroatoms. The van der Waals surface area contributed by atoms with Crippen LogP contribution in [0.15, 0.2) is 71.6 Å². The third kappa shape index (κ3) is 7.58. The Morgan fingerprint density at radius 1 is 0.878 bits per heavy atom. The van der Waals surface area contributed by atoms with Crippen LogP contribution in [0.1, 0.15) is 37.0 Å². The summed E-state index contributed by atoms with van der Waals surface area (Å²) in [6.07, 6.45) is 0.357. The first-order valence-corrected chi connectivity index (χ1v) is 14.9. The third-order valence-electron chi connectivity index (χ3n) is 6.72. The third-order valence-corrected chi connectivity index (χ3v) is 8.49. The second-order valence-electron chi connectivity index (χ2n) is 9.69. The van der Waals surface area contributed by atoms with Gasteiger partial charge in [-0.05, 0) is 57.0 Å². The maximum atomic E-state index is 14.1. The number of aryl methyl sites for hydroxylation is 2. The number of rotatable bonds is 13. The van der Waals surface area contributed by atoms with E-state index < -0.39 is 28.5 Å². The van der Waals surface area contributed by atoms with Crippen LogP contribution in [0.5, 0.6) is 11.5 Å². The predicted molar refractivity (Wildman–Crippen MR) is 160 cm³/mol. The van der Waals surface area contributed by atoms with Crippen molar-refractivity contribution in [2.45, 2.75) is 51.6 Å². The van der Waals surface area contributed by atoms with Gasteiger partial charge in [0, 0.05) is 19.2 Å². The van der Waals surface area contributed by atoms with Gasteiger partial charge in [0.2, 0.25) is 11.8 Å². The minimum Gasteiger partial charge on any atom is -0.493 e. The van der Waals surface area contributed by atoms with Gasteiger partial charge >= 0.3 is 0 Å². The first-order valence-electron chi connectivity index (χ1n) is 13.5. The summed E-state index contributed by atoms with van der Waals surface area (Å²) >= 11 is 0. The molecule has 0 aliphatic carbocycles. The number of sulfonamides is 1. The molecule has 0 saturated carbocycles. The zero-order valence-electron chi connectivity index (χ0n) is 24.5. The van der Waals surface area contributed by atoms with Gasteiger partial charge in [0.15, 0.2) is 11.5 Å². The Balaban J connectivity index is 2.09. The van der Waals surface area contributed by atoms with Gasteiger partial charge in [-0.25, -0.2) is 8.42 Å². The van der Waals surface area contributed by atoms with Crippen LogP contribution in [0, 0.1) is 13.8 Å². The highest BCUT2D eigenvalue weighted by atomic mass is 32.2. The van der Waals surface area contributed by atoms with Gasteiger partial charge in [0.05, 0.1) is 24.8 Å². The number of amides is 2. The number of methoxy groups -OCH3 is 2. The van der Waals surface area contributed by atoms with E-state index in [1.54, 1.807) is 24.3 Å². The van der Waals surface area contributed by atoms with E-state index in [0.29, 0.717) is 24.4 Å². The Bertz CT molecular complexity index is 1460. The molecule has 0 aromatic heterocycles. The Kier molecular flexibility index (Phi) is 10.8. The number of nitrogens with zero attached hydrogens (tertiary/aromatic N) is 2. The minimum atomic E-state index is -4.25. The maximum Gasteiger partial charge on any atom is 0.264 e. The van der Waals surface area contributed by atoms with Crippen LogP contribution < -0.4 is 19.1 Å². The van der Waals surface area contributed by atoms with Crippen LogP contribution in [0.3, 0.4) is 0 Å². The van der Waals surface area contributed by atoms with Crippen LogP contribution in [-0.4, -0.2) is 58.5 Å². The van der Waals surface area contributed by atoms with E-state index in [1.807, 2.05) is 52.0 Å². The summed E-state index contributed by atoms with van der Waals surface area (Å²) in [5.41, 5.74) is 3.11. The average molecular weight is 582 g/mol. The lowest BCUT2D eigenvalue weighted by Crippen LogP contribution is -2.52. The number of anilines is 1. The van der Waals surface area contributed by atoms with Crippen LogP contribution in [0.4, 0.5) is 5.69 Å². The number of hydrogen-bond donors (Lipinski definition) is 1. The molecule has 2 amide bonds. The molecular weight excluding hydrogens is 542 g/mol. The van der Waals surface area contributed by atoms with Gasteiger partial charge < -0.3 is 19.7 Å². The lowest BCUT2D eigenvalue weighted by Gasteiger charge is -2.33. The molecule has 0 heterocycles. The summed E-state index contributed by atoms with van der Waals surface area (Å²) in [4.78, 5) is 28.5. The molecule has 220 valence electrons. The molecule has 1 unspecified atom stereocenters. The van der Waals surface area contributed by atoms with E-state index in [4.69, 9.17) is 9.47 Å². The van der Waals surface area contributed by atoms with Crippen molar-refractivity contribution in [1.82, 2.24) is 10.2 Å². The van der Waals surface area contributed by atoms with E-state index >= 15 is 0 Å². The summed E-state index contributed by atoms with van der Waals surface area (Å²) < 4.78 is 39.9. The molecule has 9 nitrogen and oxygen atoms in total. The number of ether oxygens (including phenoxy) is 2. The topological polar surface area (TPSA) is 105 Å². The van der Waals surface area contributed by atoms with Gasteiger partial charge in [0.25, 0.3) is 10.0 Å². The Morgan fingerprint density at radius 2 is 1.56 bits per heavy atom. The quantitative estimate of drug-likeness (QED) is 0.320. The van der Waals surface area contributed by atoms with Crippen molar-refractivity contribution in [2.24, 2.45) is 0 Å². The minimum absolute atomic E-state index is 0.0653. The molecule has 0 fully saturated rings. The molecule has 0 spiro atoms. The number of carbonyl (C=O) groups excluding carboxylic acids is 2. The lowest BCUT2D eigenvalue weighted by molar-refractivity contribution is -0.140. The zero-order valence-corrected chi connectivity index (χ0v) is 25.3. The van der Waals surface area contributed by atoms with E-state index in [1.165, 1.54) is 37.3 Å². The van der Waals surface area contributed by atoms with Crippen LogP contribution >= 0.6 is 0 Å². The number of likely N-dealkylation sites (N-methyl/N-ethyl adjacent to an activating group) is 1. The van der Waals surface area contributed by atoms with Crippen LogP contribution in [0.2, 0.25) is 0 Å². The van der Waals surface area contributed by atoms with Gasteiger partial charge in [-0.2, -0.15) is 0 Å². The first kappa shape index (κ1) is 31.5. The predicted octanol–water partition coefficient (Wildman–Crippen LogP) is 4.46. The molecule has 1 atom stereocenters. The second kappa shape index (κ2) is 14.0. The van der Waals surface area contributed by atoms with Crippen molar-refractivity contribution in [1.29, 1.82) is 0 Å². The van der Waals surface area contributed by atoms with Crippen molar-refractivity contribution < 1.29 is 27.5 Å². The summed E-state index contributed by atoms with van der Waals surface area (Å²) in [5.74, 6) is -0.177. The first-order chi connectivity index (χ1) is 19.5. The number of hydrogen-bond acceptors (Lipinski definition) is 6. The highest BCUT2D eigenvalue weighted by Gasteiger charge is 2.34. The van der Waals surface area contributed by atoms with E-state index in [-0.39, 0.29) is 23.1 Å². The van der Waals surface area contributed by atoms with Crippen molar-refractivity contribution in [3.8, 4) is 11.5 Å². The Labute approximate surface area is 243 Å². The summed E-state index contributed by atoms with van der Waals surface area (Å²) in [6, 6.07) is 18.1. The van der Waals surface area contributed by atoms with E-state index in [2.05, 4.69) is 5.32 Å². The fraction of sp³-hybridized carbons (Fsp3) is 0.355. The number of benzene rings is 3. The number of carbonyl (C=O) groups is 2. The Hall–Kier alpha value is -4.05. The highest BCUT2D eigenvalue weighted by molar-refractivity contribution is 7.92. The molecule has 0 bridgehead atoms. The molecule has 0 saturated heterocycles. The summed E-state index contributed by atoms with van der Waals surface area (Å²) in [6.45, 7) is 7.52. The SMILES string of the molecule is CCNC(=O)C(CC)N(Cc1cccc(C)c1)C(=O)CN(c1ccc(C)cc1)S(=O)(=O)c1ccc(OC)c(OC)c1. The van der Waals surface area contributed by atoms with Crippen LogP contribution in [0.25, 0.3) is 0 Å². The molecule has 0 aliphatic heterocycles. The summed E-state index contributed by atoms with van der Waals surface area (Å²) in [7, 11) is -1.36. The van der Waals surface area contributed by atoms with Crippen molar-refractivity contribution in [2.75, 3.05) is 31.6 Å². The average Bonchev–Trinajstić information content (AvgIpc) is 2.96. The monoisotopic (exact) mass is 581 g/mol. The van der Waals surface area contributed by atoms with Crippen molar-refractivity contribution in [3.63, 3.8) is 0 Å². The molecule has 3 aromatic carbocycles. The molecular formula is C31H39N3O6S. The summed E-state index contributed by atoms with van der Waals surface area (Å²) in [5, 5.41) is 2.81. The standard InChI is InChI=1S/C31H39N3O6S/c1-7-27(31(36)32-8-2)33(20-24-11-9-10-23(4)18-24)30(35)21-34(25-14-12-22(3)13-15-25)41(37,38)26-16-17-28(39-5)29(19-26)40-6/h9-19,27H,7-8,20-21H2,1-6H3,(H,32,36). The highest BCUT2D eigenvalue weighted by Crippen LogP contribution is 2.32. The Morgan fingerprint density at radius 3 is 2.15 bits per heavy atom. The fourth-order valence-corrected chi connectivity index (χ4v) is 5.99. The normalized spacial score (nSPS) is 11.9. The molecule has 3 aromatic rings. The van der Waals surface area contributed by atoms with E-state index in [0.717, 1.165) is 21.0 Å². The lowest BCUT2D eigenvalue weighted by atomic mass is 10.1. The van der Waals surface area contributed by atoms with Gasteiger partial charge in [-0.1, -0.05) is 54.4 Å². The molecule has 41 heavy (non-hydrogen) atoms. The molecule has 0 aliphatic rings.